The van der Waals surface area contributed by atoms with Crippen LogP contribution in [-0.4, -0.2) is 38.9 Å². The number of esters is 1. The number of carbonyl (C=O) groups is 1. The molecule has 2 heterocycles. The van der Waals surface area contributed by atoms with E-state index in [2.05, 4.69) is 11.0 Å². The number of hydrogen-bond acceptors (Lipinski definition) is 6. The maximum atomic E-state index is 11.9. The molecule has 1 aliphatic heterocycles. The number of morpholine rings is 1. The molecule has 102 valence electrons. The van der Waals surface area contributed by atoms with Crippen LogP contribution in [0.3, 0.4) is 0 Å². The molecule has 0 amide bonds. The first-order chi connectivity index (χ1) is 9.19. The van der Waals surface area contributed by atoms with E-state index in [-0.39, 0.29) is 5.97 Å². The van der Waals surface area contributed by atoms with E-state index in [1.54, 1.807) is 6.92 Å². The molecule has 7 heteroatoms. The zero-order chi connectivity index (χ0) is 13.8. The van der Waals surface area contributed by atoms with Crippen molar-refractivity contribution >= 4 is 44.9 Å². The van der Waals surface area contributed by atoms with Gasteiger partial charge in [-0.25, -0.2) is 4.79 Å². The molecule has 0 aromatic carbocycles. The van der Waals surface area contributed by atoms with Crippen molar-refractivity contribution in [3.8, 4) is 6.07 Å². The van der Waals surface area contributed by atoms with Gasteiger partial charge in [0.05, 0.1) is 23.4 Å². The number of hydrogen-bond donors (Lipinski definition) is 0. The smallest absolute Gasteiger partial charge is 0.349 e. The van der Waals surface area contributed by atoms with Gasteiger partial charge in [-0.2, -0.15) is 5.26 Å². The Kier molecular flexibility index (Phi) is 5.01. The molecule has 1 fully saturated rings. The molecule has 1 saturated heterocycles. The summed E-state index contributed by atoms with van der Waals surface area (Å²) < 4.78 is 11.0. The van der Waals surface area contributed by atoms with Crippen LogP contribution < -0.4 is 4.90 Å². The number of nitrogens with zero attached hydrogens (tertiary/aromatic N) is 2. The average molecular weight is 392 g/mol. The van der Waals surface area contributed by atoms with Gasteiger partial charge < -0.3 is 14.4 Å². The molecular formula is C12H13IN2O3S. The fourth-order valence-electron chi connectivity index (χ4n) is 1.81. The van der Waals surface area contributed by atoms with E-state index >= 15 is 0 Å². The van der Waals surface area contributed by atoms with Crippen LogP contribution in [-0.2, 0) is 9.47 Å². The Hall–Kier alpha value is -0.850. The normalized spacial score (nSPS) is 15.1. The summed E-state index contributed by atoms with van der Waals surface area (Å²) in [5.41, 5.74) is 0.565. The zero-order valence-electron chi connectivity index (χ0n) is 10.4. The number of nitriles is 1. The van der Waals surface area contributed by atoms with Crippen molar-refractivity contribution in [3.05, 3.63) is 14.0 Å². The number of halogens is 1. The second-order valence-electron chi connectivity index (χ2n) is 3.86. The van der Waals surface area contributed by atoms with Crippen molar-refractivity contribution < 1.29 is 14.3 Å². The van der Waals surface area contributed by atoms with E-state index in [1.807, 2.05) is 22.6 Å². The number of thiophene rings is 1. The Labute approximate surface area is 129 Å². The highest BCUT2D eigenvalue weighted by Crippen LogP contribution is 2.37. The highest BCUT2D eigenvalue weighted by molar-refractivity contribution is 14.1. The number of anilines is 1. The summed E-state index contributed by atoms with van der Waals surface area (Å²) in [5, 5.41) is 10.1. The maximum absolute atomic E-state index is 11.9. The van der Waals surface area contributed by atoms with Crippen molar-refractivity contribution in [1.29, 1.82) is 5.26 Å². The standard InChI is InChI=1S/C12H13IN2O3S/c1-2-18-12(16)10-9(13)8(7-14)11(19-10)15-3-5-17-6-4-15/h2-6H2,1H3. The van der Waals surface area contributed by atoms with E-state index in [1.165, 1.54) is 11.3 Å². The Morgan fingerprint density at radius 3 is 2.84 bits per heavy atom. The predicted octanol–water partition coefficient (Wildman–Crippen LogP) is 2.24. The van der Waals surface area contributed by atoms with Crippen LogP contribution in [0.15, 0.2) is 0 Å². The minimum atomic E-state index is -0.354. The highest BCUT2D eigenvalue weighted by Gasteiger charge is 2.26. The van der Waals surface area contributed by atoms with Gasteiger partial charge in [-0.15, -0.1) is 11.3 Å². The highest BCUT2D eigenvalue weighted by atomic mass is 127. The van der Waals surface area contributed by atoms with Gasteiger partial charge in [-0.05, 0) is 29.5 Å². The zero-order valence-corrected chi connectivity index (χ0v) is 13.4. The third kappa shape index (κ3) is 3.01. The molecule has 1 aliphatic rings. The topological polar surface area (TPSA) is 62.6 Å². The van der Waals surface area contributed by atoms with Gasteiger partial charge in [0.2, 0.25) is 0 Å². The van der Waals surface area contributed by atoms with Crippen LogP contribution in [0, 0.1) is 14.9 Å². The molecule has 0 unspecified atom stereocenters. The van der Waals surface area contributed by atoms with Crippen LogP contribution >= 0.6 is 33.9 Å². The first-order valence-corrected chi connectivity index (χ1v) is 7.80. The summed E-state index contributed by atoms with van der Waals surface area (Å²) in [4.78, 5) is 14.5. The van der Waals surface area contributed by atoms with Gasteiger partial charge >= 0.3 is 5.97 Å². The van der Waals surface area contributed by atoms with Crippen LogP contribution in [0.2, 0.25) is 0 Å². The monoisotopic (exact) mass is 392 g/mol. The molecule has 2 rings (SSSR count). The number of ether oxygens (including phenoxy) is 2. The maximum Gasteiger partial charge on any atom is 0.349 e. The van der Waals surface area contributed by atoms with Crippen LogP contribution in [0.25, 0.3) is 0 Å². The molecule has 0 spiro atoms. The van der Waals surface area contributed by atoms with Gasteiger partial charge in [0.15, 0.2) is 0 Å². The van der Waals surface area contributed by atoms with Crippen molar-refractivity contribution in [2.75, 3.05) is 37.8 Å². The van der Waals surface area contributed by atoms with E-state index in [0.717, 1.165) is 18.1 Å². The summed E-state index contributed by atoms with van der Waals surface area (Å²) in [6.07, 6.45) is 0. The van der Waals surface area contributed by atoms with Gasteiger partial charge in [0, 0.05) is 13.1 Å². The number of rotatable bonds is 3. The molecule has 1 aromatic heterocycles. The molecule has 0 radical (unpaired) electrons. The Morgan fingerprint density at radius 2 is 2.26 bits per heavy atom. The quantitative estimate of drug-likeness (QED) is 0.583. The number of carbonyl (C=O) groups excluding carboxylic acids is 1. The van der Waals surface area contributed by atoms with Crippen molar-refractivity contribution in [2.24, 2.45) is 0 Å². The molecule has 0 atom stereocenters. The minimum absolute atomic E-state index is 0.335. The van der Waals surface area contributed by atoms with Crippen LogP contribution in [0.5, 0.6) is 0 Å². The second kappa shape index (κ2) is 6.54. The summed E-state index contributed by atoms with van der Waals surface area (Å²) in [5.74, 6) is -0.354. The van der Waals surface area contributed by atoms with E-state index < -0.39 is 0 Å². The average Bonchev–Trinajstić information content (AvgIpc) is 2.77. The lowest BCUT2D eigenvalue weighted by molar-refractivity contribution is 0.0531. The van der Waals surface area contributed by atoms with Crippen LogP contribution in [0.1, 0.15) is 22.2 Å². The fraction of sp³-hybridized carbons (Fsp3) is 0.500. The van der Waals surface area contributed by atoms with E-state index in [4.69, 9.17) is 9.47 Å². The third-order valence-electron chi connectivity index (χ3n) is 2.70. The largest absolute Gasteiger partial charge is 0.462 e. The minimum Gasteiger partial charge on any atom is -0.462 e. The Morgan fingerprint density at radius 1 is 1.58 bits per heavy atom. The van der Waals surface area contributed by atoms with Gasteiger partial charge in [0.25, 0.3) is 0 Å². The predicted molar refractivity (Wildman–Crippen MR) is 80.7 cm³/mol. The summed E-state index contributed by atoms with van der Waals surface area (Å²) in [6.45, 7) is 4.89. The van der Waals surface area contributed by atoms with Crippen molar-refractivity contribution in [2.45, 2.75) is 6.92 Å². The van der Waals surface area contributed by atoms with Crippen molar-refractivity contribution in [1.82, 2.24) is 0 Å². The lowest BCUT2D eigenvalue weighted by Crippen LogP contribution is -2.36. The van der Waals surface area contributed by atoms with E-state index in [9.17, 15) is 10.1 Å². The molecule has 0 aliphatic carbocycles. The summed E-state index contributed by atoms with van der Waals surface area (Å²) >= 11 is 3.37. The van der Waals surface area contributed by atoms with E-state index in [0.29, 0.717) is 33.8 Å². The molecule has 1 aromatic rings. The lowest BCUT2D eigenvalue weighted by Gasteiger charge is -2.27. The summed E-state index contributed by atoms with van der Waals surface area (Å²) in [7, 11) is 0. The molecule has 5 nitrogen and oxygen atoms in total. The SMILES string of the molecule is CCOC(=O)c1sc(N2CCOCC2)c(C#N)c1I. The second-order valence-corrected chi connectivity index (χ2v) is 5.93. The Bertz CT molecular complexity index is 518. The molecule has 0 bridgehead atoms. The Balaban J connectivity index is 2.35. The first-order valence-electron chi connectivity index (χ1n) is 5.91. The molecule has 19 heavy (non-hydrogen) atoms. The lowest BCUT2D eigenvalue weighted by atomic mass is 10.3. The summed E-state index contributed by atoms with van der Waals surface area (Å²) in [6, 6.07) is 2.19. The fourth-order valence-corrected chi connectivity index (χ4v) is 4.01. The van der Waals surface area contributed by atoms with Gasteiger partial charge in [-0.3, -0.25) is 0 Å². The third-order valence-corrected chi connectivity index (χ3v) is 5.38. The van der Waals surface area contributed by atoms with Gasteiger partial charge in [0.1, 0.15) is 21.5 Å². The molecular weight excluding hydrogens is 379 g/mol. The van der Waals surface area contributed by atoms with Gasteiger partial charge in [-0.1, -0.05) is 0 Å². The van der Waals surface area contributed by atoms with Crippen molar-refractivity contribution in [3.63, 3.8) is 0 Å². The van der Waals surface area contributed by atoms with Crippen LogP contribution in [0.4, 0.5) is 5.00 Å². The molecule has 0 N–H and O–H groups in total. The molecule has 0 saturated carbocycles. The first kappa shape index (κ1) is 14.6.